The molecule has 1 fully saturated rings. The molecule has 2 amide bonds. The van der Waals surface area contributed by atoms with Crippen molar-refractivity contribution in [2.45, 2.75) is 45.6 Å². The molecule has 5 heteroatoms. The van der Waals surface area contributed by atoms with Crippen molar-refractivity contribution in [3.05, 3.63) is 47.3 Å². The third-order valence-electron chi connectivity index (χ3n) is 4.27. The van der Waals surface area contributed by atoms with Crippen molar-refractivity contribution < 1.29 is 9.32 Å². The molecular formula is C18H23N3O2. The maximum atomic E-state index is 12.6. The maximum Gasteiger partial charge on any atom is 0.322 e. The second kappa shape index (κ2) is 6.44. The Morgan fingerprint density at radius 3 is 2.74 bits per heavy atom. The Labute approximate surface area is 136 Å². The average Bonchev–Trinajstić information content (AvgIpc) is 3.17. The summed E-state index contributed by atoms with van der Waals surface area (Å²) in [6, 6.07) is 9.72. The predicted octanol–water partition coefficient (Wildman–Crippen LogP) is 4.48. The second-order valence-electron chi connectivity index (χ2n) is 6.46. The zero-order valence-corrected chi connectivity index (χ0v) is 13.9. The van der Waals surface area contributed by atoms with Crippen LogP contribution in [0.3, 0.4) is 0 Å². The smallest absolute Gasteiger partial charge is 0.322 e. The van der Waals surface area contributed by atoms with Gasteiger partial charge in [0.1, 0.15) is 11.5 Å². The highest BCUT2D eigenvalue weighted by atomic mass is 16.5. The molecule has 23 heavy (non-hydrogen) atoms. The summed E-state index contributed by atoms with van der Waals surface area (Å²) in [6.45, 7) is 6.91. The number of aryl methyl sites for hydroxylation is 1. The lowest BCUT2D eigenvalue weighted by Gasteiger charge is -2.23. The first kappa shape index (κ1) is 15.6. The fraction of sp³-hybridized carbons (Fsp3) is 0.444. The number of carbonyl (C=O) groups excluding carboxylic acids is 1. The van der Waals surface area contributed by atoms with Crippen LogP contribution in [-0.4, -0.2) is 22.6 Å². The molecule has 122 valence electrons. The van der Waals surface area contributed by atoms with E-state index in [1.807, 2.05) is 42.2 Å². The number of hydrogen-bond acceptors (Lipinski definition) is 3. The van der Waals surface area contributed by atoms with E-state index in [0.29, 0.717) is 5.92 Å². The fourth-order valence-corrected chi connectivity index (χ4v) is 2.88. The second-order valence-corrected chi connectivity index (χ2v) is 6.46. The van der Waals surface area contributed by atoms with Crippen LogP contribution in [0.1, 0.15) is 55.7 Å². The van der Waals surface area contributed by atoms with Crippen molar-refractivity contribution in [2.75, 3.05) is 11.9 Å². The highest BCUT2D eigenvalue weighted by Crippen LogP contribution is 2.33. The molecule has 0 unspecified atom stereocenters. The lowest BCUT2D eigenvalue weighted by Crippen LogP contribution is -2.34. The monoisotopic (exact) mass is 313 g/mol. The van der Waals surface area contributed by atoms with E-state index < -0.39 is 0 Å². The number of anilines is 1. The van der Waals surface area contributed by atoms with E-state index in [-0.39, 0.29) is 12.1 Å². The van der Waals surface area contributed by atoms with Gasteiger partial charge in [0, 0.05) is 24.2 Å². The first-order valence-corrected chi connectivity index (χ1v) is 8.15. The van der Waals surface area contributed by atoms with Gasteiger partial charge in [-0.15, -0.1) is 0 Å². The molecule has 0 aliphatic carbocycles. The van der Waals surface area contributed by atoms with Gasteiger partial charge >= 0.3 is 6.03 Å². The number of amides is 2. The maximum absolute atomic E-state index is 12.6. The SMILES string of the molecule is Cc1ccc(NC(=O)N2CCC[C@@H]2c2cc(C(C)C)on2)cc1. The van der Waals surface area contributed by atoms with E-state index >= 15 is 0 Å². The topological polar surface area (TPSA) is 58.4 Å². The zero-order valence-electron chi connectivity index (χ0n) is 13.9. The number of aromatic nitrogens is 1. The minimum absolute atomic E-state index is 0.00306. The van der Waals surface area contributed by atoms with E-state index in [1.54, 1.807) is 0 Å². The Bertz CT molecular complexity index is 676. The van der Waals surface area contributed by atoms with E-state index in [2.05, 4.69) is 24.3 Å². The number of likely N-dealkylation sites (tertiary alicyclic amines) is 1. The molecule has 1 aromatic carbocycles. The van der Waals surface area contributed by atoms with Gasteiger partial charge in [0.05, 0.1) is 6.04 Å². The van der Waals surface area contributed by atoms with Gasteiger partial charge in [0.2, 0.25) is 0 Å². The summed E-state index contributed by atoms with van der Waals surface area (Å²) >= 11 is 0. The molecule has 1 aromatic heterocycles. The minimum Gasteiger partial charge on any atom is -0.361 e. The van der Waals surface area contributed by atoms with Gasteiger partial charge in [-0.25, -0.2) is 4.79 Å². The number of carbonyl (C=O) groups is 1. The van der Waals surface area contributed by atoms with Crippen molar-refractivity contribution in [1.82, 2.24) is 10.1 Å². The standard InChI is InChI=1S/C18H23N3O2/c1-12(2)17-11-15(20-23-17)16-5-4-10-21(16)18(22)19-14-8-6-13(3)7-9-14/h6-9,11-12,16H,4-5,10H2,1-3H3,(H,19,22)/t16-/m1/s1. The Morgan fingerprint density at radius 2 is 2.09 bits per heavy atom. The van der Waals surface area contributed by atoms with Gasteiger partial charge in [0.15, 0.2) is 0 Å². The van der Waals surface area contributed by atoms with Crippen LogP contribution < -0.4 is 5.32 Å². The molecule has 3 rings (SSSR count). The molecule has 1 aliphatic heterocycles. The van der Waals surface area contributed by atoms with Crippen LogP contribution in [0.5, 0.6) is 0 Å². The van der Waals surface area contributed by atoms with Gasteiger partial charge in [-0.1, -0.05) is 36.7 Å². The molecule has 1 N–H and O–H groups in total. The molecule has 1 atom stereocenters. The van der Waals surface area contributed by atoms with Crippen LogP contribution >= 0.6 is 0 Å². The first-order chi connectivity index (χ1) is 11.0. The van der Waals surface area contributed by atoms with E-state index in [1.165, 1.54) is 5.56 Å². The Morgan fingerprint density at radius 1 is 1.35 bits per heavy atom. The van der Waals surface area contributed by atoms with Gasteiger partial charge in [-0.05, 0) is 31.9 Å². The van der Waals surface area contributed by atoms with Crippen LogP contribution in [-0.2, 0) is 0 Å². The number of nitrogens with zero attached hydrogens (tertiary/aromatic N) is 2. The average molecular weight is 313 g/mol. The minimum atomic E-state index is -0.0783. The van der Waals surface area contributed by atoms with Crippen LogP contribution in [0.15, 0.2) is 34.9 Å². The third kappa shape index (κ3) is 3.38. The summed E-state index contributed by atoms with van der Waals surface area (Å²) in [5, 5.41) is 7.14. The molecule has 2 heterocycles. The number of urea groups is 1. The highest BCUT2D eigenvalue weighted by Gasteiger charge is 2.32. The normalized spacial score (nSPS) is 17.7. The summed E-state index contributed by atoms with van der Waals surface area (Å²) in [4.78, 5) is 14.4. The van der Waals surface area contributed by atoms with E-state index in [4.69, 9.17) is 4.52 Å². The molecule has 1 saturated heterocycles. The molecule has 1 aliphatic rings. The molecule has 0 saturated carbocycles. The van der Waals surface area contributed by atoms with Crippen molar-refractivity contribution in [2.24, 2.45) is 0 Å². The quantitative estimate of drug-likeness (QED) is 0.909. The molecule has 2 aromatic rings. The van der Waals surface area contributed by atoms with Crippen molar-refractivity contribution in [3.8, 4) is 0 Å². The van der Waals surface area contributed by atoms with Crippen molar-refractivity contribution in [3.63, 3.8) is 0 Å². The van der Waals surface area contributed by atoms with Crippen molar-refractivity contribution in [1.29, 1.82) is 0 Å². The zero-order chi connectivity index (χ0) is 16.4. The summed E-state index contributed by atoms with van der Waals surface area (Å²) in [6.07, 6.45) is 1.90. The fourth-order valence-electron chi connectivity index (χ4n) is 2.88. The Balaban J connectivity index is 1.72. The van der Waals surface area contributed by atoms with Crippen LogP contribution in [0.25, 0.3) is 0 Å². The van der Waals surface area contributed by atoms with E-state index in [9.17, 15) is 4.79 Å². The molecule has 5 nitrogen and oxygen atoms in total. The molecule has 0 radical (unpaired) electrons. The van der Waals surface area contributed by atoms with Crippen LogP contribution in [0.2, 0.25) is 0 Å². The van der Waals surface area contributed by atoms with Gasteiger partial charge < -0.3 is 14.7 Å². The summed E-state index contributed by atoms with van der Waals surface area (Å²) in [5.41, 5.74) is 2.84. The largest absolute Gasteiger partial charge is 0.361 e. The van der Waals surface area contributed by atoms with Gasteiger partial charge in [-0.2, -0.15) is 0 Å². The van der Waals surface area contributed by atoms with Crippen LogP contribution in [0.4, 0.5) is 10.5 Å². The van der Waals surface area contributed by atoms with E-state index in [0.717, 1.165) is 36.5 Å². The number of hydrogen-bond donors (Lipinski definition) is 1. The lowest BCUT2D eigenvalue weighted by molar-refractivity contribution is 0.204. The van der Waals surface area contributed by atoms with Crippen molar-refractivity contribution >= 4 is 11.7 Å². The summed E-state index contributed by atoms with van der Waals surface area (Å²) in [7, 11) is 0. The summed E-state index contributed by atoms with van der Waals surface area (Å²) < 4.78 is 5.39. The Kier molecular flexibility index (Phi) is 4.37. The highest BCUT2D eigenvalue weighted by molar-refractivity contribution is 5.89. The van der Waals surface area contributed by atoms with Gasteiger partial charge in [-0.3, -0.25) is 0 Å². The van der Waals surface area contributed by atoms with Crippen LogP contribution in [0, 0.1) is 6.92 Å². The predicted molar refractivity (Wildman–Crippen MR) is 89.5 cm³/mol. The lowest BCUT2D eigenvalue weighted by atomic mass is 10.1. The van der Waals surface area contributed by atoms with Gasteiger partial charge in [0.25, 0.3) is 0 Å². The Hall–Kier alpha value is -2.30. The number of nitrogens with one attached hydrogen (secondary N) is 1. The molecule has 0 bridgehead atoms. The third-order valence-corrected chi connectivity index (χ3v) is 4.27. The summed E-state index contributed by atoms with van der Waals surface area (Å²) in [5.74, 6) is 1.17. The first-order valence-electron chi connectivity index (χ1n) is 8.15. The molecular weight excluding hydrogens is 290 g/mol. The number of benzene rings is 1. The molecule has 0 spiro atoms. The number of rotatable bonds is 3.